The third-order valence-electron chi connectivity index (χ3n) is 2.02. The number of nitrogens with one attached hydrogen (secondary N) is 1. The molecule has 1 heterocycles. The van der Waals surface area contributed by atoms with Crippen LogP contribution in [0.2, 0.25) is 0 Å². The molecule has 0 saturated carbocycles. The van der Waals surface area contributed by atoms with Crippen molar-refractivity contribution in [2.75, 3.05) is 6.61 Å². The first-order valence-corrected chi connectivity index (χ1v) is 5.35. The molecular weight excluding hydrogens is 184 g/mol. The largest absolute Gasteiger partial charge is 0.396 e. The lowest BCUT2D eigenvalue weighted by atomic mass is 10.2. The number of aromatic nitrogens is 1. The van der Waals surface area contributed by atoms with Crippen LogP contribution in [0.4, 0.5) is 0 Å². The standard InChI is InChI=1S/C9H16N2OS/c1-7(3-4-12)10-5-9-8(2)11-6-13-9/h6-7,10,12H,3-5H2,1-2H3. The van der Waals surface area contributed by atoms with Gasteiger partial charge in [-0.25, -0.2) is 4.98 Å². The van der Waals surface area contributed by atoms with Crippen molar-refractivity contribution in [3.8, 4) is 0 Å². The van der Waals surface area contributed by atoms with Crippen LogP contribution in [0.25, 0.3) is 0 Å². The molecule has 13 heavy (non-hydrogen) atoms. The first-order valence-electron chi connectivity index (χ1n) is 4.47. The molecule has 3 nitrogen and oxygen atoms in total. The number of hydrogen-bond donors (Lipinski definition) is 2. The van der Waals surface area contributed by atoms with Crippen LogP contribution < -0.4 is 5.32 Å². The van der Waals surface area contributed by atoms with Gasteiger partial charge in [-0.1, -0.05) is 0 Å². The second-order valence-corrected chi connectivity index (χ2v) is 4.09. The van der Waals surface area contributed by atoms with Crippen molar-refractivity contribution in [2.45, 2.75) is 32.9 Å². The van der Waals surface area contributed by atoms with Crippen LogP contribution in [0.5, 0.6) is 0 Å². The van der Waals surface area contributed by atoms with E-state index < -0.39 is 0 Å². The second kappa shape index (κ2) is 5.32. The Morgan fingerprint density at radius 1 is 1.69 bits per heavy atom. The first kappa shape index (κ1) is 10.6. The molecule has 0 bridgehead atoms. The van der Waals surface area contributed by atoms with E-state index in [4.69, 9.17) is 5.11 Å². The Balaban J connectivity index is 2.30. The second-order valence-electron chi connectivity index (χ2n) is 3.16. The van der Waals surface area contributed by atoms with Gasteiger partial charge >= 0.3 is 0 Å². The first-order chi connectivity index (χ1) is 6.24. The Hall–Kier alpha value is -0.450. The van der Waals surface area contributed by atoms with Crippen molar-refractivity contribution in [1.29, 1.82) is 0 Å². The van der Waals surface area contributed by atoms with Gasteiger partial charge < -0.3 is 10.4 Å². The van der Waals surface area contributed by atoms with Gasteiger partial charge in [0.2, 0.25) is 0 Å². The van der Waals surface area contributed by atoms with E-state index in [2.05, 4.69) is 17.2 Å². The van der Waals surface area contributed by atoms with Crippen molar-refractivity contribution in [3.63, 3.8) is 0 Å². The Labute approximate surface area is 82.8 Å². The number of thiazole rings is 1. The fourth-order valence-corrected chi connectivity index (χ4v) is 1.79. The topological polar surface area (TPSA) is 45.2 Å². The predicted octanol–water partition coefficient (Wildman–Crippen LogP) is 1.31. The molecule has 1 atom stereocenters. The average Bonchev–Trinajstić information content (AvgIpc) is 2.48. The molecule has 2 N–H and O–H groups in total. The highest BCUT2D eigenvalue weighted by molar-refractivity contribution is 7.09. The minimum absolute atomic E-state index is 0.246. The zero-order chi connectivity index (χ0) is 9.68. The Bertz CT molecular complexity index is 250. The molecule has 1 aromatic rings. The van der Waals surface area contributed by atoms with Crippen LogP contribution in [-0.2, 0) is 6.54 Å². The minimum Gasteiger partial charge on any atom is -0.396 e. The number of aliphatic hydroxyl groups is 1. The number of hydrogen-bond acceptors (Lipinski definition) is 4. The van der Waals surface area contributed by atoms with Gasteiger partial charge in [-0.2, -0.15) is 0 Å². The van der Waals surface area contributed by atoms with Gasteiger partial charge in [0.15, 0.2) is 0 Å². The Kier molecular flexibility index (Phi) is 4.35. The Morgan fingerprint density at radius 3 is 3.00 bits per heavy atom. The summed E-state index contributed by atoms with van der Waals surface area (Å²) < 4.78 is 0. The number of aryl methyl sites for hydroxylation is 1. The molecule has 74 valence electrons. The van der Waals surface area contributed by atoms with Crippen molar-refractivity contribution >= 4 is 11.3 Å². The maximum absolute atomic E-state index is 8.70. The molecule has 0 aliphatic carbocycles. The van der Waals surface area contributed by atoms with Crippen molar-refractivity contribution in [1.82, 2.24) is 10.3 Å². The van der Waals surface area contributed by atoms with E-state index in [9.17, 15) is 0 Å². The summed E-state index contributed by atoms with van der Waals surface area (Å²) in [5, 5.41) is 12.0. The third-order valence-corrected chi connectivity index (χ3v) is 2.95. The van der Waals surface area contributed by atoms with Gasteiger partial charge in [0.05, 0.1) is 11.2 Å². The minimum atomic E-state index is 0.246. The molecule has 0 radical (unpaired) electrons. The smallest absolute Gasteiger partial charge is 0.0798 e. The van der Waals surface area contributed by atoms with Gasteiger partial charge in [-0.3, -0.25) is 0 Å². The molecule has 0 aromatic carbocycles. The molecule has 0 amide bonds. The quantitative estimate of drug-likeness (QED) is 0.753. The lowest BCUT2D eigenvalue weighted by molar-refractivity contribution is 0.269. The zero-order valence-corrected chi connectivity index (χ0v) is 8.90. The van der Waals surface area contributed by atoms with Crippen LogP contribution in [0.1, 0.15) is 23.9 Å². The lowest BCUT2D eigenvalue weighted by Gasteiger charge is -2.11. The van der Waals surface area contributed by atoms with Crippen LogP contribution in [-0.4, -0.2) is 22.7 Å². The van der Waals surface area contributed by atoms with E-state index in [1.165, 1.54) is 4.88 Å². The van der Waals surface area contributed by atoms with E-state index >= 15 is 0 Å². The van der Waals surface area contributed by atoms with Gasteiger partial charge in [0.1, 0.15) is 0 Å². The highest BCUT2D eigenvalue weighted by Gasteiger charge is 2.03. The fourth-order valence-electron chi connectivity index (χ4n) is 1.06. The molecule has 0 fully saturated rings. The lowest BCUT2D eigenvalue weighted by Crippen LogP contribution is -2.26. The molecule has 1 rings (SSSR count). The summed E-state index contributed by atoms with van der Waals surface area (Å²) in [5.41, 5.74) is 2.97. The molecule has 0 aliphatic heterocycles. The molecule has 4 heteroatoms. The summed E-state index contributed by atoms with van der Waals surface area (Å²) in [6.07, 6.45) is 0.803. The summed E-state index contributed by atoms with van der Waals surface area (Å²) in [7, 11) is 0. The summed E-state index contributed by atoms with van der Waals surface area (Å²) in [6, 6.07) is 0.367. The predicted molar refractivity (Wildman–Crippen MR) is 54.9 cm³/mol. The van der Waals surface area contributed by atoms with Crippen LogP contribution in [0.3, 0.4) is 0 Å². The van der Waals surface area contributed by atoms with E-state index in [-0.39, 0.29) is 6.61 Å². The Morgan fingerprint density at radius 2 is 2.46 bits per heavy atom. The highest BCUT2D eigenvalue weighted by Crippen LogP contribution is 2.11. The van der Waals surface area contributed by atoms with Crippen LogP contribution >= 0.6 is 11.3 Å². The van der Waals surface area contributed by atoms with E-state index in [0.717, 1.165) is 18.7 Å². The molecule has 1 aromatic heterocycles. The molecule has 1 unspecified atom stereocenters. The monoisotopic (exact) mass is 200 g/mol. The van der Waals surface area contributed by atoms with Crippen molar-refractivity contribution in [3.05, 3.63) is 16.1 Å². The van der Waals surface area contributed by atoms with E-state index in [1.807, 2.05) is 12.4 Å². The SMILES string of the molecule is Cc1ncsc1CNC(C)CCO. The van der Waals surface area contributed by atoms with Crippen LogP contribution in [0.15, 0.2) is 5.51 Å². The van der Waals surface area contributed by atoms with Crippen molar-refractivity contribution < 1.29 is 5.11 Å². The van der Waals surface area contributed by atoms with Gasteiger partial charge in [-0.15, -0.1) is 11.3 Å². The summed E-state index contributed by atoms with van der Waals surface area (Å²) in [5.74, 6) is 0. The molecule has 0 spiro atoms. The maximum atomic E-state index is 8.70. The summed E-state index contributed by atoms with van der Waals surface area (Å²) in [6.45, 7) is 5.20. The summed E-state index contributed by atoms with van der Waals surface area (Å²) in [4.78, 5) is 5.45. The van der Waals surface area contributed by atoms with Crippen molar-refractivity contribution in [2.24, 2.45) is 0 Å². The van der Waals surface area contributed by atoms with E-state index in [0.29, 0.717) is 6.04 Å². The zero-order valence-electron chi connectivity index (χ0n) is 8.08. The number of aliphatic hydroxyl groups excluding tert-OH is 1. The summed E-state index contributed by atoms with van der Waals surface area (Å²) >= 11 is 1.67. The maximum Gasteiger partial charge on any atom is 0.0798 e. The highest BCUT2D eigenvalue weighted by atomic mass is 32.1. The third kappa shape index (κ3) is 3.42. The van der Waals surface area contributed by atoms with Gasteiger partial charge in [-0.05, 0) is 20.3 Å². The fraction of sp³-hybridized carbons (Fsp3) is 0.667. The molecule has 0 saturated heterocycles. The normalized spacial score (nSPS) is 13.2. The van der Waals surface area contributed by atoms with E-state index in [1.54, 1.807) is 11.3 Å². The number of nitrogens with zero attached hydrogens (tertiary/aromatic N) is 1. The average molecular weight is 200 g/mol. The van der Waals surface area contributed by atoms with Gasteiger partial charge in [0.25, 0.3) is 0 Å². The van der Waals surface area contributed by atoms with Gasteiger partial charge in [0, 0.05) is 24.1 Å². The number of rotatable bonds is 5. The molecule has 0 aliphatic rings. The van der Waals surface area contributed by atoms with Crippen LogP contribution in [0, 0.1) is 6.92 Å². The molecular formula is C9H16N2OS.